The Kier molecular flexibility index (Phi) is 0.840. The van der Waals surface area contributed by atoms with E-state index in [0.29, 0.717) is 12.8 Å². The maximum Gasteiger partial charge on any atom is 0.241 e. The average Bonchev–Trinajstić information content (AvgIpc) is 2.40. The minimum Gasteiger partial charge on any atom is -0.274 e. The van der Waals surface area contributed by atoms with Crippen LogP contribution < -0.4 is 4.72 Å². The molecule has 1 N–H and O–H groups in total. The Morgan fingerprint density at radius 2 is 2.00 bits per heavy atom. The van der Waals surface area contributed by atoms with Gasteiger partial charge in [-0.25, -0.2) is 8.42 Å². The summed E-state index contributed by atoms with van der Waals surface area (Å²) in [5, 5.41) is 0. The summed E-state index contributed by atoms with van der Waals surface area (Å²) >= 11 is 0. The minimum absolute atomic E-state index is 0.176. The maximum atomic E-state index is 11.0. The average molecular weight is 161 g/mol. The molecule has 0 unspecified atom stereocenters. The van der Waals surface area contributed by atoms with Crippen LogP contribution in [0.5, 0.6) is 0 Å². The van der Waals surface area contributed by atoms with E-state index in [-0.39, 0.29) is 12.3 Å². The van der Waals surface area contributed by atoms with Gasteiger partial charge in [0, 0.05) is 6.42 Å². The van der Waals surface area contributed by atoms with Gasteiger partial charge in [-0.3, -0.25) is 9.52 Å². The van der Waals surface area contributed by atoms with E-state index in [0.717, 1.165) is 0 Å². The Labute approximate surface area is 58.7 Å². The first-order valence-corrected chi connectivity index (χ1v) is 4.59. The molecule has 1 aliphatic carbocycles. The smallest absolute Gasteiger partial charge is 0.241 e. The number of hydrogen-bond donors (Lipinski definition) is 1. The van der Waals surface area contributed by atoms with Crippen molar-refractivity contribution in [3.63, 3.8) is 0 Å². The topological polar surface area (TPSA) is 63.2 Å². The van der Waals surface area contributed by atoms with Crippen LogP contribution in [0.3, 0.4) is 0 Å². The normalized spacial score (nSPS) is 32.2. The molecule has 0 radical (unpaired) electrons. The largest absolute Gasteiger partial charge is 0.274 e. The Hall–Kier alpha value is -0.580. The molecule has 2 rings (SSSR count). The second kappa shape index (κ2) is 1.37. The third-order valence-corrected chi connectivity index (χ3v) is 4.30. The Balaban J connectivity index is 2.48. The van der Waals surface area contributed by atoms with Gasteiger partial charge < -0.3 is 0 Å². The van der Waals surface area contributed by atoms with Crippen molar-refractivity contribution < 1.29 is 13.2 Å². The predicted octanol–water partition coefficient (Wildman–Crippen LogP) is -0.631. The molecular formula is C5H7NO3S. The maximum absolute atomic E-state index is 11.0. The summed E-state index contributed by atoms with van der Waals surface area (Å²) in [6.45, 7) is 0. The molecule has 2 fully saturated rings. The summed E-state index contributed by atoms with van der Waals surface area (Å²) in [7, 11) is -3.26. The van der Waals surface area contributed by atoms with Gasteiger partial charge in [0.25, 0.3) is 0 Å². The zero-order valence-electron chi connectivity index (χ0n) is 5.25. The minimum atomic E-state index is -3.26. The van der Waals surface area contributed by atoms with Crippen LogP contribution in [0.2, 0.25) is 0 Å². The van der Waals surface area contributed by atoms with E-state index in [1.807, 2.05) is 4.72 Å². The fourth-order valence-electron chi connectivity index (χ4n) is 1.27. The first-order valence-electron chi connectivity index (χ1n) is 3.11. The summed E-state index contributed by atoms with van der Waals surface area (Å²) in [4.78, 5) is 10.6. The third kappa shape index (κ3) is 0.558. The van der Waals surface area contributed by atoms with E-state index in [1.54, 1.807) is 0 Å². The summed E-state index contributed by atoms with van der Waals surface area (Å²) < 4.78 is 23.4. The van der Waals surface area contributed by atoms with Crippen LogP contribution in [0.15, 0.2) is 0 Å². The highest BCUT2D eigenvalue weighted by Crippen LogP contribution is 2.48. The van der Waals surface area contributed by atoms with Crippen molar-refractivity contribution in [1.29, 1.82) is 0 Å². The highest BCUT2D eigenvalue weighted by Gasteiger charge is 2.60. The number of carbonyl (C=O) groups excluding carboxylic acids is 1. The van der Waals surface area contributed by atoms with E-state index in [1.165, 1.54) is 0 Å². The first kappa shape index (κ1) is 6.15. The summed E-state index contributed by atoms with van der Waals surface area (Å²) in [6.07, 6.45) is 1.47. The van der Waals surface area contributed by atoms with Gasteiger partial charge in [-0.1, -0.05) is 0 Å². The van der Waals surface area contributed by atoms with Crippen molar-refractivity contribution in [2.24, 2.45) is 0 Å². The van der Waals surface area contributed by atoms with Crippen molar-refractivity contribution in [2.75, 3.05) is 0 Å². The molecule has 4 nitrogen and oxygen atoms in total. The molecule has 0 atom stereocenters. The van der Waals surface area contributed by atoms with E-state index in [2.05, 4.69) is 0 Å². The molecule has 0 aromatic heterocycles. The first-order chi connectivity index (χ1) is 4.56. The molecule has 56 valence electrons. The van der Waals surface area contributed by atoms with E-state index >= 15 is 0 Å². The molecule has 1 amide bonds. The molecule has 2 aliphatic rings. The standard InChI is InChI=1S/C5H7NO3S/c7-4-3-5(1-2-5)10(8,9)6-4/h1-3H2,(H,6,7). The number of sulfonamides is 1. The van der Waals surface area contributed by atoms with Crippen LogP contribution in [0.25, 0.3) is 0 Å². The van der Waals surface area contributed by atoms with Gasteiger partial charge in [0.15, 0.2) is 0 Å². The summed E-state index contributed by atoms with van der Waals surface area (Å²) in [5.74, 6) is -0.350. The Morgan fingerprint density at radius 3 is 2.20 bits per heavy atom. The summed E-state index contributed by atoms with van der Waals surface area (Å²) in [6, 6.07) is 0. The lowest BCUT2D eigenvalue weighted by Crippen LogP contribution is -2.25. The molecule has 5 heteroatoms. The van der Waals surface area contributed by atoms with E-state index in [4.69, 9.17) is 0 Å². The lowest BCUT2D eigenvalue weighted by atomic mass is 10.3. The zero-order chi connectivity index (χ0) is 7.41. The van der Waals surface area contributed by atoms with Gasteiger partial charge in [-0.15, -0.1) is 0 Å². The molecule has 1 aliphatic heterocycles. The van der Waals surface area contributed by atoms with Crippen molar-refractivity contribution in [3.8, 4) is 0 Å². The van der Waals surface area contributed by atoms with Crippen molar-refractivity contribution >= 4 is 15.9 Å². The second-order valence-electron chi connectivity index (χ2n) is 2.89. The highest BCUT2D eigenvalue weighted by atomic mass is 32.2. The second-order valence-corrected chi connectivity index (χ2v) is 4.97. The number of carbonyl (C=O) groups is 1. The van der Waals surface area contributed by atoms with Gasteiger partial charge in [-0.2, -0.15) is 0 Å². The Bertz CT molecular complexity index is 288. The molecular weight excluding hydrogens is 154 g/mol. The van der Waals surface area contributed by atoms with Crippen LogP contribution in [-0.2, 0) is 14.8 Å². The fourth-order valence-corrected chi connectivity index (χ4v) is 2.82. The quantitative estimate of drug-likeness (QED) is 0.514. The highest BCUT2D eigenvalue weighted by molar-refractivity contribution is 7.92. The van der Waals surface area contributed by atoms with Gasteiger partial charge in [-0.05, 0) is 12.8 Å². The van der Waals surface area contributed by atoms with E-state index in [9.17, 15) is 13.2 Å². The van der Waals surface area contributed by atoms with E-state index < -0.39 is 14.8 Å². The predicted molar refractivity (Wildman–Crippen MR) is 33.6 cm³/mol. The van der Waals surface area contributed by atoms with Gasteiger partial charge in [0.05, 0.1) is 0 Å². The summed E-state index contributed by atoms with van der Waals surface area (Å²) in [5.41, 5.74) is 0. The molecule has 1 heterocycles. The van der Waals surface area contributed by atoms with Crippen LogP contribution in [0.1, 0.15) is 19.3 Å². The lowest BCUT2D eigenvalue weighted by molar-refractivity contribution is -0.118. The zero-order valence-corrected chi connectivity index (χ0v) is 6.07. The molecule has 0 aromatic rings. The van der Waals surface area contributed by atoms with Crippen molar-refractivity contribution in [2.45, 2.75) is 24.0 Å². The fraction of sp³-hybridized carbons (Fsp3) is 0.800. The number of hydrogen-bond acceptors (Lipinski definition) is 3. The van der Waals surface area contributed by atoms with Crippen LogP contribution >= 0.6 is 0 Å². The lowest BCUT2D eigenvalue weighted by Gasteiger charge is -1.99. The third-order valence-electron chi connectivity index (χ3n) is 2.11. The molecule has 1 spiro atoms. The molecule has 0 aromatic carbocycles. The molecule has 1 saturated heterocycles. The molecule has 0 bridgehead atoms. The molecule has 10 heavy (non-hydrogen) atoms. The van der Waals surface area contributed by atoms with Crippen molar-refractivity contribution in [3.05, 3.63) is 0 Å². The molecule has 1 saturated carbocycles. The van der Waals surface area contributed by atoms with Gasteiger partial charge in [0.2, 0.25) is 15.9 Å². The number of nitrogens with one attached hydrogen (secondary N) is 1. The van der Waals surface area contributed by atoms with Crippen molar-refractivity contribution in [1.82, 2.24) is 4.72 Å². The SMILES string of the molecule is O=C1CC2(CC2)S(=O)(=O)N1. The van der Waals surface area contributed by atoms with Crippen LogP contribution in [0, 0.1) is 0 Å². The van der Waals surface area contributed by atoms with Gasteiger partial charge in [0.1, 0.15) is 4.75 Å². The Morgan fingerprint density at radius 1 is 1.40 bits per heavy atom. The van der Waals surface area contributed by atoms with Crippen LogP contribution in [0.4, 0.5) is 0 Å². The number of rotatable bonds is 0. The number of amides is 1. The monoisotopic (exact) mass is 161 g/mol. The van der Waals surface area contributed by atoms with Gasteiger partial charge >= 0.3 is 0 Å². The van der Waals surface area contributed by atoms with Crippen LogP contribution in [-0.4, -0.2) is 19.1 Å².